The number of halogens is 2. The Morgan fingerprint density at radius 1 is 1.40 bits per heavy atom. The lowest BCUT2D eigenvalue weighted by atomic mass is 10.2. The molecule has 0 radical (unpaired) electrons. The quantitative estimate of drug-likeness (QED) is 0.762. The Morgan fingerprint density at radius 2 is 2.13 bits per heavy atom. The average Bonchev–Trinajstić information content (AvgIpc) is 2.16. The van der Waals surface area contributed by atoms with Crippen LogP contribution in [0.3, 0.4) is 0 Å². The van der Waals surface area contributed by atoms with Crippen molar-refractivity contribution in [2.24, 2.45) is 0 Å². The van der Waals surface area contributed by atoms with Crippen LogP contribution in [0.4, 0.5) is 14.5 Å². The molecule has 2 nitrogen and oxygen atoms in total. The second-order valence-corrected chi connectivity index (χ2v) is 3.46. The molecule has 0 aliphatic rings. The number of nitrogens with zero attached hydrogens (tertiary/aromatic N) is 1. The number of hydrogen-bond acceptors (Lipinski definition) is 2. The molecule has 1 rings (SSSR count). The van der Waals surface area contributed by atoms with Gasteiger partial charge in [-0.1, -0.05) is 19.1 Å². The predicted octanol–water partition coefficient (Wildman–Crippen LogP) is 2.36. The third kappa shape index (κ3) is 4.25. The van der Waals surface area contributed by atoms with Crippen LogP contribution < -0.4 is 5.73 Å². The first kappa shape index (κ1) is 11.9. The van der Waals surface area contributed by atoms with E-state index in [4.69, 9.17) is 5.73 Å². The highest BCUT2D eigenvalue weighted by Crippen LogP contribution is 2.10. The Bertz CT molecular complexity index is 302. The van der Waals surface area contributed by atoms with Crippen molar-refractivity contribution >= 4 is 5.69 Å². The lowest BCUT2D eigenvalue weighted by Gasteiger charge is -2.19. The SMILES string of the molecule is CCN(Cc1cccc(N)c1)CC(F)F. The average molecular weight is 214 g/mol. The summed E-state index contributed by atoms with van der Waals surface area (Å²) in [5, 5.41) is 0. The maximum Gasteiger partial charge on any atom is 0.251 e. The molecule has 0 unspecified atom stereocenters. The zero-order chi connectivity index (χ0) is 11.3. The van der Waals surface area contributed by atoms with E-state index in [-0.39, 0.29) is 6.54 Å². The van der Waals surface area contributed by atoms with Crippen LogP contribution in [0.5, 0.6) is 0 Å². The molecule has 1 aromatic rings. The van der Waals surface area contributed by atoms with Crippen molar-refractivity contribution in [1.82, 2.24) is 4.90 Å². The van der Waals surface area contributed by atoms with Crippen molar-refractivity contribution in [3.05, 3.63) is 29.8 Å². The second kappa shape index (κ2) is 5.66. The molecule has 0 saturated heterocycles. The summed E-state index contributed by atoms with van der Waals surface area (Å²) in [6.45, 7) is 2.81. The van der Waals surface area contributed by atoms with Gasteiger partial charge in [0.1, 0.15) is 0 Å². The smallest absolute Gasteiger partial charge is 0.251 e. The molecule has 0 aliphatic heterocycles. The molecule has 15 heavy (non-hydrogen) atoms. The van der Waals surface area contributed by atoms with Gasteiger partial charge >= 0.3 is 0 Å². The van der Waals surface area contributed by atoms with E-state index in [0.717, 1.165) is 5.56 Å². The number of alkyl halides is 2. The highest BCUT2D eigenvalue weighted by molar-refractivity contribution is 5.40. The van der Waals surface area contributed by atoms with Crippen LogP contribution >= 0.6 is 0 Å². The van der Waals surface area contributed by atoms with Gasteiger partial charge in [0.05, 0.1) is 6.54 Å². The van der Waals surface area contributed by atoms with E-state index in [2.05, 4.69) is 0 Å². The summed E-state index contributed by atoms with van der Waals surface area (Å²) in [6.07, 6.45) is -2.29. The number of benzene rings is 1. The summed E-state index contributed by atoms with van der Waals surface area (Å²) >= 11 is 0. The van der Waals surface area contributed by atoms with Gasteiger partial charge < -0.3 is 5.73 Å². The largest absolute Gasteiger partial charge is 0.399 e. The fraction of sp³-hybridized carbons (Fsp3) is 0.455. The van der Waals surface area contributed by atoms with Crippen LogP contribution in [0, 0.1) is 0 Å². The van der Waals surface area contributed by atoms with Gasteiger partial charge in [-0.15, -0.1) is 0 Å². The highest BCUT2D eigenvalue weighted by atomic mass is 19.3. The van der Waals surface area contributed by atoms with Crippen LogP contribution in [0.25, 0.3) is 0 Å². The van der Waals surface area contributed by atoms with Gasteiger partial charge in [0.25, 0.3) is 6.43 Å². The van der Waals surface area contributed by atoms with Crippen LogP contribution in [-0.2, 0) is 6.54 Å². The minimum atomic E-state index is -2.29. The molecule has 84 valence electrons. The molecule has 0 spiro atoms. The fourth-order valence-electron chi connectivity index (χ4n) is 1.45. The molecule has 2 N–H and O–H groups in total. The van der Waals surface area contributed by atoms with Gasteiger partial charge in [-0.3, -0.25) is 4.90 Å². The van der Waals surface area contributed by atoms with Gasteiger partial charge in [-0.05, 0) is 24.2 Å². The molecule has 0 atom stereocenters. The Labute approximate surface area is 88.7 Å². The van der Waals surface area contributed by atoms with Crippen molar-refractivity contribution in [3.8, 4) is 0 Å². The Kier molecular flexibility index (Phi) is 4.49. The molecule has 0 heterocycles. The maximum absolute atomic E-state index is 12.2. The Hall–Kier alpha value is -1.16. The minimum Gasteiger partial charge on any atom is -0.399 e. The first-order valence-electron chi connectivity index (χ1n) is 4.96. The maximum atomic E-state index is 12.2. The third-order valence-corrected chi connectivity index (χ3v) is 2.20. The van der Waals surface area contributed by atoms with Gasteiger partial charge in [0, 0.05) is 12.2 Å². The van der Waals surface area contributed by atoms with E-state index in [1.54, 1.807) is 11.0 Å². The monoisotopic (exact) mass is 214 g/mol. The third-order valence-electron chi connectivity index (χ3n) is 2.20. The number of rotatable bonds is 5. The first-order valence-corrected chi connectivity index (χ1v) is 4.96. The minimum absolute atomic E-state index is 0.189. The number of nitrogens with two attached hydrogens (primary N) is 1. The fourth-order valence-corrected chi connectivity index (χ4v) is 1.45. The van der Waals surface area contributed by atoms with Crippen molar-refractivity contribution in [2.75, 3.05) is 18.8 Å². The van der Waals surface area contributed by atoms with E-state index in [1.165, 1.54) is 0 Å². The molecule has 0 fully saturated rings. The van der Waals surface area contributed by atoms with E-state index in [9.17, 15) is 8.78 Å². The molecular formula is C11H16F2N2. The van der Waals surface area contributed by atoms with Crippen LogP contribution in [0.2, 0.25) is 0 Å². The lowest BCUT2D eigenvalue weighted by molar-refractivity contribution is 0.0874. The molecule has 0 saturated carbocycles. The predicted molar refractivity (Wildman–Crippen MR) is 57.8 cm³/mol. The Balaban J connectivity index is 2.58. The molecule has 0 aliphatic carbocycles. The zero-order valence-electron chi connectivity index (χ0n) is 8.79. The van der Waals surface area contributed by atoms with Gasteiger partial charge in [0.2, 0.25) is 0 Å². The van der Waals surface area contributed by atoms with E-state index >= 15 is 0 Å². The number of nitrogen functional groups attached to an aromatic ring is 1. The topological polar surface area (TPSA) is 29.3 Å². The molecule has 0 bridgehead atoms. The number of anilines is 1. The Morgan fingerprint density at radius 3 is 2.67 bits per heavy atom. The van der Waals surface area contributed by atoms with E-state index in [1.807, 2.05) is 25.1 Å². The second-order valence-electron chi connectivity index (χ2n) is 3.46. The van der Waals surface area contributed by atoms with Gasteiger partial charge in [-0.2, -0.15) is 0 Å². The van der Waals surface area contributed by atoms with E-state index in [0.29, 0.717) is 18.8 Å². The molecule has 4 heteroatoms. The molecular weight excluding hydrogens is 198 g/mol. The van der Waals surface area contributed by atoms with Crippen LogP contribution in [0.15, 0.2) is 24.3 Å². The summed E-state index contributed by atoms with van der Waals surface area (Å²) in [5.41, 5.74) is 7.25. The standard InChI is InChI=1S/C11H16F2N2/c1-2-15(8-11(12)13)7-9-4-3-5-10(14)6-9/h3-6,11H,2,7-8,14H2,1H3. The van der Waals surface area contributed by atoms with Crippen molar-refractivity contribution in [3.63, 3.8) is 0 Å². The summed E-state index contributed by atoms with van der Waals surface area (Å²) in [7, 11) is 0. The normalized spacial score (nSPS) is 11.3. The summed E-state index contributed by atoms with van der Waals surface area (Å²) in [5.74, 6) is 0. The summed E-state index contributed by atoms with van der Waals surface area (Å²) in [4.78, 5) is 1.69. The molecule has 1 aromatic carbocycles. The van der Waals surface area contributed by atoms with Crippen molar-refractivity contribution in [1.29, 1.82) is 0 Å². The van der Waals surface area contributed by atoms with Crippen molar-refractivity contribution < 1.29 is 8.78 Å². The van der Waals surface area contributed by atoms with Gasteiger partial charge in [-0.25, -0.2) is 8.78 Å². The van der Waals surface area contributed by atoms with Crippen LogP contribution in [-0.4, -0.2) is 24.4 Å². The first-order chi connectivity index (χ1) is 7.11. The summed E-state index contributed by atoms with van der Waals surface area (Å²) in [6, 6.07) is 7.33. The lowest BCUT2D eigenvalue weighted by Crippen LogP contribution is -2.28. The van der Waals surface area contributed by atoms with E-state index < -0.39 is 6.43 Å². The zero-order valence-corrected chi connectivity index (χ0v) is 8.79. The number of hydrogen-bond donors (Lipinski definition) is 1. The van der Waals surface area contributed by atoms with Crippen LogP contribution in [0.1, 0.15) is 12.5 Å². The molecule has 0 aromatic heterocycles. The molecule has 0 amide bonds. The van der Waals surface area contributed by atoms with Gasteiger partial charge in [0.15, 0.2) is 0 Å². The van der Waals surface area contributed by atoms with Crippen molar-refractivity contribution in [2.45, 2.75) is 19.9 Å². The highest BCUT2D eigenvalue weighted by Gasteiger charge is 2.10. The summed E-state index contributed by atoms with van der Waals surface area (Å²) < 4.78 is 24.4.